The van der Waals surface area contributed by atoms with Crippen LogP contribution in [-0.2, 0) is 19.1 Å². The number of benzene rings is 4. The van der Waals surface area contributed by atoms with Gasteiger partial charge in [-0.05, 0) is 38.5 Å². The van der Waals surface area contributed by atoms with Gasteiger partial charge in [0.2, 0.25) is 0 Å². The van der Waals surface area contributed by atoms with Gasteiger partial charge >= 0.3 is 11.9 Å². The van der Waals surface area contributed by atoms with Crippen LogP contribution < -0.4 is 4.90 Å². The van der Waals surface area contributed by atoms with Crippen molar-refractivity contribution in [2.45, 2.75) is 26.3 Å². The van der Waals surface area contributed by atoms with Crippen LogP contribution in [0.15, 0.2) is 125 Å². The molecule has 0 aliphatic carbocycles. The number of aryl methyl sites for hydroxylation is 2. The van der Waals surface area contributed by atoms with Gasteiger partial charge in [0.1, 0.15) is 11.3 Å². The SMILES string of the molecule is CCOC(=O)C1=C(c2ccccc2)N=C(c2ccc(C)cc2)C12/C(=C(/O)c1ccc(C)cc1)C(=O)C(=O)N2c1ccccc1. The standard InChI is InChI=1S/C37H30N2O5/c1-4-44-36(43)29-31(25-11-7-5-8-12-25)38-34(27-21-17-24(3)18-22-27)37(29)30(32(40)26-19-15-23(2)16-20-26)33(41)35(42)39(37)28-13-9-6-10-14-28/h5-22,40H,4H2,1-3H3/b32-30+. The maximum atomic E-state index is 14.3. The summed E-state index contributed by atoms with van der Waals surface area (Å²) in [5.41, 5.74) is 2.01. The summed E-state index contributed by atoms with van der Waals surface area (Å²) < 4.78 is 5.65. The van der Waals surface area contributed by atoms with E-state index in [0.29, 0.717) is 22.4 Å². The van der Waals surface area contributed by atoms with Gasteiger partial charge in [0.05, 0.1) is 23.6 Å². The fourth-order valence-corrected chi connectivity index (χ4v) is 5.90. The number of anilines is 1. The molecule has 218 valence electrons. The summed E-state index contributed by atoms with van der Waals surface area (Å²) >= 11 is 0. The summed E-state index contributed by atoms with van der Waals surface area (Å²) in [4.78, 5) is 49.2. The predicted molar refractivity (Wildman–Crippen MR) is 170 cm³/mol. The number of para-hydroxylation sites is 1. The minimum Gasteiger partial charge on any atom is -0.507 e. The Morgan fingerprint density at radius 1 is 0.795 bits per heavy atom. The van der Waals surface area contributed by atoms with Crippen LogP contribution >= 0.6 is 0 Å². The molecule has 4 aromatic rings. The third-order valence-corrected chi connectivity index (χ3v) is 7.91. The van der Waals surface area contributed by atoms with E-state index in [1.165, 1.54) is 4.90 Å². The van der Waals surface area contributed by atoms with Crippen molar-refractivity contribution in [3.8, 4) is 0 Å². The number of aliphatic hydroxyl groups is 1. The molecule has 6 rings (SSSR count). The van der Waals surface area contributed by atoms with Crippen molar-refractivity contribution in [3.63, 3.8) is 0 Å². The molecular formula is C37H30N2O5. The van der Waals surface area contributed by atoms with Gasteiger partial charge in [-0.3, -0.25) is 14.5 Å². The lowest BCUT2D eigenvalue weighted by Crippen LogP contribution is -2.55. The van der Waals surface area contributed by atoms with Crippen LogP contribution in [-0.4, -0.2) is 40.6 Å². The lowest BCUT2D eigenvalue weighted by Gasteiger charge is -2.38. The predicted octanol–water partition coefficient (Wildman–Crippen LogP) is 6.40. The highest BCUT2D eigenvalue weighted by Crippen LogP contribution is 2.53. The first kappa shape index (κ1) is 28.6. The first-order chi connectivity index (χ1) is 21.3. The van der Waals surface area contributed by atoms with Gasteiger partial charge in [-0.2, -0.15) is 0 Å². The summed E-state index contributed by atoms with van der Waals surface area (Å²) in [6.07, 6.45) is 0. The lowest BCUT2D eigenvalue weighted by molar-refractivity contribution is -0.138. The maximum absolute atomic E-state index is 14.3. The summed E-state index contributed by atoms with van der Waals surface area (Å²) in [5.74, 6) is -3.02. The highest BCUT2D eigenvalue weighted by Gasteiger charge is 2.67. The van der Waals surface area contributed by atoms with Crippen LogP contribution in [0.5, 0.6) is 0 Å². The zero-order valence-electron chi connectivity index (χ0n) is 24.6. The molecule has 2 aliphatic heterocycles. The van der Waals surface area contributed by atoms with Crippen LogP contribution in [0.2, 0.25) is 0 Å². The number of nitrogens with zero attached hydrogens (tertiary/aromatic N) is 2. The molecule has 2 aliphatic rings. The molecule has 0 radical (unpaired) electrons. The Morgan fingerprint density at radius 2 is 1.36 bits per heavy atom. The smallest absolute Gasteiger partial charge is 0.339 e. The molecule has 1 fully saturated rings. The molecule has 1 atom stereocenters. The van der Waals surface area contributed by atoms with Crippen molar-refractivity contribution in [2.24, 2.45) is 4.99 Å². The average Bonchev–Trinajstić information content (AvgIpc) is 3.49. The lowest BCUT2D eigenvalue weighted by atomic mass is 9.75. The molecule has 1 saturated heterocycles. The Bertz CT molecular complexity index is 1870. The Kier molecular flexibility index (Phi) is 7.31. The van der Waals surface area contributed by atoms with Gasteiger partial charge in [-0.1, -0.05) is 108 Å². The zero-order chi connectivity index (χ0) is 31.0. The zero-order valence-corrected chi connectivity index (χ0v) is 24.6. The van der Waals surface area contributed by atoms with Crippen molar-refractivity contribution < 1.29 is 24.2 Å². The van der Waals surface area contributed by atoms with E-state index in [2.05, 4.69) is 0 Å². The van der Waals surface area contributed by atoms with Crippen molar-refractivity contribution in [2.75, 3.05) is 11.5 Å². The number of ether oxygens (including phenoxy) is 1. The van der Waals surface area contributed by atoms with E-state index in [1.807, 2.05) is 56.3 Å². The van der Waals surface area contributed by atoms with E-state index >= 15 is 0 Å². The molecule has 0 aromatic heterocycles. The molecular weight excluding hydrogens is 552 g/mol. The molecule has 2 heterocycles. The Hall–Kier alpha value is -5.56. The fraction of sp³-hybridized carbons (Fsp3) is 0.135. The molecule has 0 saturated carbocycles. The highest BCUT2D eigenvalue weighted by molar-refractivity contribution is 6.57. The Morgan fingerprint density at radius 3 is 1.95 bits per heavy atom. The number of ketones is 1. The molecule has 7 heteroatoms. The molecule has 1 amide bonds. The van der Waals surface area contributed by atoms with E-state index in [1.54, 1.807) is 73.7 Å². The van der Waals surface area contributed by atoms with E-state index in [-0.39, 0.29) is 29.2 Å². The largest absolute Gasteiger partial charge is 0.507 e. The summed E-state index contributed by atoms with van der Waals surface area (Å²) in [6.45, 7) is 5.58. The van der Waals surface area contributed by atoms with Crippen LogP contribution in [0.1, 0.15) is 34.7 Å². The normalized spacial score (nSPS) is 19.1. The van der Waals surface area contributed by atoms with E-state index in [4.69, 9.17) is 9.73 Å². The van der Waals surface area contributed by atoms with E-state index in [9.17, 15) is 19.5 Å². The third-order valence-electron chi connectivity index (χ3n) is 7.91. The number of esters is 1. The van der Waals surface area contributed by atoms with Gasteiger partial charge in [0.25, 0.3) is 5.78 Å². The van der Waals surface area contributed by atoms with E-state index in [0.717, 1.165) is 11.1 Å². The van der Waals surface area contributed by atoms with Crippen molar-refractivity contribution in [1.29, 1.82) is 0 Å². The topological polar surface area (TPSA) is 96.3 Å². The van der Waals surface area contributed by atoms with Crippen molar-refractivity contribution in [1.82, 2.24) is 0 Å². The van der Waals surface area contributed by atoms with E-state index < -0.39 is 29.0 Å². The number of aliphatic imine (C=N–C) groups is 1. The van der Waals surface area contributed by atoms with Gasteiger partial charge in [-0.25, -0.2) is 9.79 Å². The number of amides is 1. The van der Waals surface area contributed by atoms with Crippen LogP contribution in [0, 0.1) is 13.8 Å². The van der Waals surface area contributed by atoms with Crippen LogP contribution in [0.3, 0.4) is 0 Å². The highest BCUT2D eigenvalue weighted by atomic mass is 16.5. The van der Waals surface area contributed by atoms with Crippen molar-refractivity contribution in [3.05, 3.63) is 148 Å². The summed E-state index contributed by atoms with van der Waals surface area (Å²) in [7, 11) is 0. The molecule has 44 heavy (non-hydrogen) atoms. The first-order valence-electron chi connectivity index (χ1n) is 14.4. The number of rotatable bonds is 6. The molecule has 4 aromatic carbocycles. The number of hydrogen-bond acceptors (Lipinski definition) is 6. The Balaban J connectivity index is 1.82. The minimum atomic E-state index is -1.96. The minimum absolute atomic E-state index is 0.0298. The molecule has 0 bridgehead atoms. The number of Topliss-reactive ketones (excluding diaryl/α,β-unsaturated/α-hetero) is 1. The van der Waals surface area contributed by atoms with Gasteiger partial charge < -0.3 is 9.84 Å². The average molecular weight is 583 g/mol. The number of carbonyl (C=O) groups is 3. The third kappa shape index (κ3) is 4.45. The monoisotopic (exact) mass is 582 g/mol. The second-order valence-corrected chi connectivity index (χ2v) is 10.7. The van der Waals surface area contributed by atoms with Crippen molar-refractivity contribution >= 4 is 40.5 Å². The van der Waals surface area contributed by atoms with Gasteiger partial charge in [0, 0.05) is 16.8 Å². The van der Waals surface area contributed by atoms with Crippen LogP contribution in [0.4, 0.5) is 5.69 Å². The molecule has 7 nitrogen and oxygen atoms in total. The molecule has 1 unspecified atom stereocenters. The quantitative estimate of drug-likeness (QED) is 0.123. The fourth-order valence-electron chi connectivity index (χ4n) is 5.90. The maximum Gasteiger partial charge on any atom is 0.339 e. The van der Waals surface area contributed by atoms with Gasteiger partial charge in [-0.15, -0.1) is 0 Å². The second kappa shape index (κ2) is 11.3. The molecule has 1 N–H and O–H groups in total. The summed E-state index contributed by atoms with van der Waals surface area (Å²) in [6, 6.07) is 32.2. The number of carbonyl (C=O) groups excluding carboxylic acids is 3. The summed E-state index contributed by atoms with van der Waals surface area (Å²) in [5, 5.41) is 12.0. The first-order valence-corrected chi connectivity index (χ1v) is 14.4. The number of hydrogen-bond donors (Lipinski definition) is 1. The second-order valence-electron chi connectivity index (χ2n) is 10.7. The van der Waals surface area contributed by atoms with Gasteiger partial charge in [0.15, 0.2) is 5.54 Å². The molecule has 1 spiro atoms. The Labute approximate surface area is 255 Å². The number of aliphatic hydroxyl groups excluding tert-OH is 1. The van der Waals surface area contributed by atoms with Crippen LogP contribution in [0.25, 0.3) is 11.5 Å².